The van der Waals surface area contributed by atoms with Crippen LogP contribution in [-0.2, 0) is 22.5 Å². The average Bonchev–Trinajstić information content (AvgIpc) is 3.64. The van der Waals surface area contributed by atoms with Crippen LogP contribution in [0.3, 0.4) is 0 Å². The van der Waals surface area contributed by atoms with Gasteiger partial charge in [0.2, 0.25) is 0 Å². The van der Waals surface area contributed by atoms with Gasteiger partial charge in [0.05, 0.1) is 53.5 Å². The van der Waals surface area contributed by atoms with Crippen LogP contribution in [0, 0.1) is 11.3 Å². The first kappa shape index (κ1) is 34.7. The maximum atomic E-state index is 14.2. The first-order valence-corrected chi connectivity index (χ1v) is 20.5. The molecule has 4 atom stereocenters. The number of benzene rings is 1. The van der Waals surface area contributed by atoms with Crippen molar-refractivity contribution in [2.75, 3.05) is 13.1 Å². The third kappa shape index (κ3) is 9.09. The van der Waals surface area contributed by atoms with Gasteiger partial charge in [0.15, 0.2) is 0 Å². The van der Waals surface area contributed by atoms with E-state index in [2.05, 4.69) is 24.4 Å². The Bertz CT molecular complexity index is 1550. The Balaban J connectivity index is 1.84. The summed E-state index contributed by atoms with van der Waals surface area (Å²) in [5, 5.41) is 1.76. The number of urea groups is 1. The van der Waals surface area contributed by atoms with Crippen LogP contribution in [0.15, 0.2) is 18.2 Å². The van der Waals surface area contributed by atoms with E-state index in [-0.39, 0.29) is 24.0 Å². The van der Waals surface area contributed by atoms with E-state index in [1.54, 1.807) is 42.8 Å². The third-order valence-electron chi connectivity index (χ3n) is 8.39. The Labute approximate surface area is 278 Å². The second-order valence-corrected chi connectivity index (χ2v) is 23.0. The van der Waals surface area contributed by atoms with E-state index in [0.29, 0.717) is 35.4 Å². The second kappa shape index (κ2) is 13.3. The summed E-state index contributed by atoms with van der Waals surface area (Å²) in [4.78, 5) is 18.3. The molecule has 1 aliphatic carbocycles. The average molecular weight is 714 g/mol. The molecule has 4 rings (SSSR count). The van der Waals surface area contributed by atoms with Crippen molar-refractivity contribution in [3.05, 3.63) is 29.6 Å². The number of nitrogens with one attached hydrogen (secondary N) is 2. The molecular formula is C31H47F6N5O3SSi. The monoisotopic (exact) mass is 713 g/mol. The van der Waals surface area contributed by atoms with Crippen LogP contribution in [-0.4, -0.2) is 69.0 Å². The van der Waals surface area contributed by atoms with Crippen molar-refractivity contribution < 1.29 is 42.8 Å². The maximum Gasteiger partial charge on any atom is 0.410 e. The quantitative estimate of drug-likeness (QED) is 0.126. The number of aromatic nitrogens is 2. The number of carbonyl (C=O) groups is 1. The molecule has 0 unspecified atom stereocenters. The molecule has 1 saturated carbocycles. The number of carbonyl (C=O) groups excluding carboxylic acids is 1. The Kier molecular flexibility index (Phi) is 9.79. The van der Waals surface area contributed by atoms with Crippen LogP contribution >= 0.6 is 0 Å². The zero-order valence-electron chi connectivity index (χ0n) is 30.0. The van der Waals surface area contributed by atoms with Crippen molar-refractivity contribution in [2.24, 2.45) is 11.3 Å². The molecule has 1 aliphatic heterocycles. The highest BCUT2D eigenvalue weighted by Crippen LogP contribution is 2.47. The summed E-state index contributed by atoms with van der Waals surface area (Å²) in [6.07, 6.45) is -9.05. The van der Waals surface area contributed by atoms with Gasteiger partial charge in [0.1, 0.15) is 18.6 Å². The molecule has 0 radical (unpaired) electrons. The second-order valence-electron chi connectivity index (χ2n) is 15.3. The minimum absolute atomic E-state index is 0.0845. The lowest BCUT2D eigenvalue weighted by Crippen LogP contribution is -2.41. The number of alkyl halides is 6. The van der Waals surface area contributed by atoms with E-state index < -0.39 is 78.6 Å². The molecule has 1 aromatic carbocycles. The van der Waals surface area contributed by atoms with Crippen molar-refractivity contribution in [3.8, 4) is 0 Å². The number of hydrogen-bond donors (Lipinski definition) is 2. The van der Waals surface area contributed by atoms with E-state index >= 15 is 0 Å². The summed E-state index contributed by atoms with van der Waals surface area (Å²) in [7, 11) is -3.31. The van der Waals surface area contributed by atoms with E-state index in [1.165, 1.54) is 6.07 Å². The van der Waals surface area contributed by atoms with Crippen LogP contribution in [0.5, 0.6) is 0 Å². The van der Waals surface area contributed by atoms with Gasteiger partial charge < -0.3 is 19.5 Å². The summed E-state index contributed by atoms with van der Waals surface area (Å²) in [6, 6.07) is -0.600. The number of amides is 2. The van der Waals surface area contributed by atoms with Crippen molar-refractivity contribution >= 4 is 36.1 Å². The van der Waals surface area contributed by atoms with Crippen molar-refractivity contribution in [3.63, 3.8) is 0 Å². The molecule has 47 heavy (non-hydrogen) atoms. The predicted molar refractivity (Wildman–Crippen MR) is 173 cm³/mol. The molecule has 1 saturated heterocycles. The van der Waals surface area contributed by atoms with Gasteiger partial charge in [0.25, 0.3) is 0 Å². The minimum atomic E-state index is -5.03. The van der Waals surface area contributed by atoms with Gasteiger partial charge in [0, 0.05) is 14.7 Å². The van der Waals surface area contributed by atoms with E-state index in [4.69, 9.17) is 12.5 Å². The summed E-state index contributed by atoms with van der Waals surface area (Å²) < 4.78 is 124. The molecule has 8 nitrogen and oxygen atoms in total. The molecule has 266 valence electrons. The lowest BCUT2D eigenvalue weighted by atomic mass is 9.85. The van der Waals surface area contributed by atoms with Gasteiger partial charge in [-0.15, -0.1) is 0 Å². The molecule has 2 fully saturated rings. The Hall–Kier alpha value is -2.17. The summed E-state index contributed by atoms with van der Waals surface area (Å²) in [6.45, 7) is 10.9. The van der Waals surface area contributed by atoms with Gasteiger partial charge in [-0.05, 0) is 69.7 Å². The number of hydrogen-bond acceptors (Lipinski definition) is 4. The summed E-state index contributed by atoms with van der Waals surface area (Å²) in [5.41, 5.74) is -1.18. The molecular weight excluding hydrogens is 665 g/mol. The molecule has 16 heteroatoms. The SMILES string of the molecule is [2H]C1([2H])[C@@H](C(F)(F)F)NC(=O)N1[C@@H](c1ccc2c(c1)nc([C@H](CC(C)(C)C(F)(F)F)N[S@](=O)C(C)(C)C)n2COCC[Si](C)(C)C)C1CC1. The largest absolute Gasteiger partial charge is 0.410 e. The zero-order chi connectivity index (χ0) is 37.1. The van der Waals surface area contributed by atoms with Crippen LogP contribution in [0.4, 0.5) is 31.1 Å². The molecule has 0 spiro atoms. The Morgan fingerprint density at radius 2 is 1.77 bits per heavy atom. The predicted octanol–water partition coefficient (Wildman–Crippen LogP) is 7.83. The number of fused-ring (bicyclic) bond motifs is 1. The van der Waals surface area contributed by atoms with Crippen LogP contribution in [0.2, 0.25) is 25.7 Å². The first-order chi connectivity index (χ1) is 22.1. The van der Waals surface area contributed by atoms with Gasteiger partial charge in [-0.1, -0.05) is 39.6 Å². The van der Waals surface area contributed by atoms with Crippen molar-refractivity contribution in [1.29, 1.82) is 0 Å². The topological polar surface area (TPSA) is 88.5 Å². The molecule has 2 heterocycles. The third-order valence-corrected chi connectivity index (χ3v) is 11.7. The van der Waals surface area contributed by atoms with Crippen LogP contribution in [0.1, 0.15) is 80.1 Å². The molecule has 0 bridgehead atoms. The molecule has 1 aromatic heterocycles. The molecule has 2 aliphatic rings. The Morgan fingerprint density at radius 3 is 2.28 bits per heavy atom. The molecule has 2 amide bonds. The molecule has 2 aromatic rings. The minimum Gasteiger partial charge on any atom is -0.361 e. The molecule has 2 N–H and O–H groups in total. The fourth-order valence-electron chi connectivity index (χ4n) is 5.23. The lowest BCUT2D eigenvalue weighted by Gasteiger charge is -2.33. The standard InChI is InChI=1S/C31H47F6N5O3SSi/c1-28(2,3)46(44)40-22(16-29(4,5)31(35,36)37)26-38-21-15-20(11-12-23(21)42(26)18-45-13-14-47(6,7)8)25(19-9-10-19)41-17-24(30(32,33)34)39-27(41)43/h11-12,15,19,22,24-25,40H,9-10,13-14,16-18H2,1-8H3,(H,39,43)/t22-,24-,25+,46+/m0/s1/i17D2. The van der Waals surface area contributed by atoms with Gasteiger partial charge in [-0.2, -0.15) is 26.3 Å². The Morgan fingerprint density at radius 1 is 1.13 bits per heavy atom. The number of nitrogens with zero attached hydrogens (tertiary/aromatic N) is 3. The normalized spacial score (nSPS) is 22.2. The number of imidazole rings is 1. The highest BCUT2D eigenvalue weighted by atomic mass is 32.2. The van der Waals surface area contributed by atoms with Gasteiger partial charge in [-0.3, -0.25) is 0 Å². The summed E-state index contributed by atoms with van der Waals surface area (Å²) in [5.74, 6) is -0.183. The fourth-order valence-corrected chi connectivity index (χ4v) is 6.79. The smallest absolute Gasteiger partial charge is 0.361 e. The number of ether oxygens (including phenoxy) is 1. The van der Waals surface area contributed by atoms with E-state index in [0.717, 1.165) is 19.9 Å². The zero-order valence-corrected chi connectivity index (χ0v) is 29.8. The van der Waals surface area contributed by atoms with E-state index in [1.807, 2.05) is 0 Å². The van der Waals surface area contributed by atoms with Gasteiger partial charge in [-0.25, -0.2) is 18.7 Å². The highest BCUT2D eigenvalue weighted by Gasteiger charge is 2.51. The van der Waals surface area contributed by atoms with Gasteiger partial charge >= 0.3 is 18.4 Å². The fraction of sp³-hybridized carbons (Fsp3) is 0.742. The van der Waals surface area contributed by atoms with Crippen molar-refractivity contribution in [1.82, 2.24) is 24.5 Å². The van der Waals surface area contributed by atoms with E-state index in [9.17, 15) is 35.3 Å². The summed E-state index contributed by atoms with van der Waals surface area (Å²) >= 11 is 0. The first-order valence-electron chi connectivity index (χ1n) is 16.6. The number of halogens is 6. The van der Waals surface area contributed by atoms with Crippen molar-refractivity contribution in [2.45, 2.75) is 122 Å². The maximum absolute atomic E-state index is 14.2. The highest BCUT2D eigenvalue weighted by molar-refractivity contribution is 7.84. The van der Waals surface area contributed by atoms with Crippen LogP contribution in [0.25, 0.3) is 11.0 Å². The number of rotatable bonds is 13. The lowest BCUT2D eigenvalue weighted by molar-refractivity contribution is -0.215. The van der Waals surface area contributed by atoms with Crippen LogP contribution < -0.4 is 10.0 Å².